The molecular formula is C22H23N3O5S. The van der Waals surface area contributed by atoms with E-state index in [2.05, 4.69) is 17.1 Å². The number of pyridine rings is 1. The summed E-state index contributed by atoms with van der Waals surface area (Å²) < 4.78 is 22.2. The highest BCUT2D eigenvalue weighted by atomic mass is 32.1. The number of aryl methyl sites for hydroxylation is 2. The van der Waals surface area contributed by atoms with Crippen LogP contribution in [0.15, 0.2) is 17.3 Å². The van der Waals surface area contributed by atoms with Gasteiger partial charge in [0, 0.05) is 29.5 Å². The highest BCUT2D eigenvalue weighted by molar-refractivity contribution is 7.21. The van der Waals surface area contributed by atoms with Crippen LogP contribution < -0.4 is 24.7 Å². The Labute approximate surface area is 183 Å². The normalized spacial score (nSPS) is 17.0. The number of anilines is 1. The average Bonchev–Trinajstić information content (AvgIpc) is 3.46. The van der Waals surface area contributed by atoms with Crippen LogP contribution >= 0.6 is 11.3 Å². The second-order valence-corrected chi connectivity index (χ2v) is 8.61. The van der Waals surface area contributed by atoms with Crippen molar-refractivity contribution >= 4 is 33.0 Å². The molecule has 162 valence electrons. The molecule has 31 heavy (non-hydrogen) atoms. The number of aromatic nitrogens is 1. The van der Waals surface area contributed by atoms with Gasteiger partial charge < -0.3 is 29.5 Å². The first-order chi connectivity index (χ1) is 15.0. The number of oxime groups is 1. The van der Waals surface area contributed by atoms with Gasteiger partial charge in [-0.25, -0.2) is 4.98 Å². The lowest BCUT2D eigenvalue weighted by Crippen LogP contribution is -2.13. The fourth-order valence-corrected chi connectivity index (χ4v) is 5.40. The summed E-state index contributed by atoms with van der Waals surface area (Å²) in [6, 6.07) is 3.95. The first kappa shape index (κ1) is 19.7. The Kier molecular flexibility index (Phi) is 4.77. The first-order valence-electron chi connectivity index (χ1n) is 9.92. The van der Waals surface area contributed by atoms with Crippen LogP contribution in [-0.4, -0.2) is 37.8 Å². The maximum atomic E-state index is 6.48. The van der Waals surface area contributed by atoms with Crippen molar-refractivity contribution < 1.29 is 23.8 Å². The van der Waals surface area contributed by atoms with E-state index in [0.717, 1.165) is 43.3 Å². The van der Waals surface area contributed by atoms with E-state index < -0.39 is 0 Å². The predicted octanol–water partition coefficient (Wildman–Crippen LogP) is 3.98. The summed E-state index contributed by atoms with van der Waals surface area (Å²) in [6.07, 6.45) is 1.05. The molecule has 0 radical (unpaired) electrons. The van der Waals surface area contributed by atoms with Gasteiger partial charge in [0.25, 0.3) is 0 Å². The molecule has 1 atom stereocenters. The molecular weight excluding hydrogens is 418 g/mol. The lowest BCUT2D eigenvalue weighted by Gasteiger charge is -2.15. The number of nitrogen functional groups attached to an aromatic ring is 1. The van der Waals surface area contributed by atoms with Crippen molar-refractivity contribution in [2.75, 3.05) is 26.7 Å². The smallest absolute Gasteiger partial charge is 0.231 e. The average molecular weight is 442 g/mol. The molecule has 0 unspecified atom stereocenters. The number of hydrogen-bond acceptors (Lipinski definition) is 9. The standard InChI is InChI=1S/C22H23N3O5S/c1-10-5-11(2)24-22-16(10)17(23)21(31-22)14-8-13(30-25-14)6-12-7-15(26-3)19-20(18(12)27-4)29-9-28-19/h5,7,13H,6,8-9,23H2,1-4H3/t13-/m0/s1. The molecule has 8 nitrogen and oxygen atoms in total. The van der Waals surface area contributed by atoms with Crippen LogP contribution in [0.5, 0.6) is 23.0 Å². The van der Waals surface area contributed by atoms with Crippen molar-refractivity contribution in [1.29, 1.82) is 0 Å². The molecule has 2 aliphatic rings. The highest BCUT2D eigenvalue weighted by Gasteiger charge is 2.31. The zero-order valence-electron chi connectivity index (χ0n) is 17.8. The minimum atomic E-state index is -0.158. The number of nitrogens with zero attached hydrogens (tertiary/aromatic N) is 2. The van der Waals surface area contributed by atoms with Crippen LogP contribution in [0.3, 0.4) is 0 Å². The number of hydrogen-bond donors (Lipinski definition) is 1. The minimum absolute atomic E-state index is 0.136. The molecule has 0 spiro atoms. The van der Waals surface area contributed by atoms with Crippen molar-refractivity contribution in [3.05, 3.63) is 33.8 Å². The van der Waals surface area contributed by atoms with E-state index in [-0.39, 0.29) is 12.9 Å². The van der Waals surface area contributed by atoms with E-state index >= 15 is 0 Å². The van der Waals surface area contributed by atoms with Crippen molar-refractivity contribution in [1.82, 2.24) is 4.98 Å². The van der Waals surface area contributed by atoms with Gasteiger partial charge in [-0.05, 0) is 31.5 Å². The van der Waals surface area contributed by atoms with Gasteiger partial charge in [-0.2, -0.15) is 0 Å². The number of fused-ring (bicyclic) bond motifs is 2. The van der Waals surface area contributed by atoms with E-state index in [4.69, 9.17) is 29.5 Å². The summed E-state index contributed by atoms with van der Waals surface area (Å²) in [7, 11) is 3.21. The number of thiophene rings is 1. The Morgan fingerprint density at radius 3 is 2.74 bits per heavy atom. The van der Waals surface area contributed by atoms with E-state index in [1.165, 1.54) is 0 Å². The first-order valence-corrected chi connectivity index (χ1v) is 10.7. The lowest BCUT2D eigenvalue weighted by atomic mass is 10.0. The minimum Gasteiger partial charge on any atom is -0.493 e. The van der Waals surface area contributed by atoms with E-state index in [9.17, 15) is 0 Å². The third kappa shape index (κ3) is 3.20. The van der Waals surface area contributed by atoms with Crippen molar-refractivity contribution in [2.24, 2.45) is 5.16 Å². The maximum Gasteiger partial charge on any atom is 0.231 e. The molecule has 2 aliphatic heterocycles. The quantitative estimate of drug-likeness (QED) is 0.640. The summed E-state index contributed by atoms with van der Waals surface area (Å²) in [6.45, 7) is 4.18. The molecule has 4 heterocycles. The summed E-state index contributed by atoms with van der Waals surface area (Å²) in [5, 5.41) is 5.35. The number of rotatable bonds is 5. The molecule has 0 saturated heterocycles. The molecule has 2 aromatic heterocycles. The molecule has 0 saturated carbocycles. The fourth-order valence-electron chi connectivity index (χ4n) is 4.19. The molecule has 0 amide bonds. The van der Waals surface area contributed by atoms with Gasteiger partial charge in [-0.1, -0.05) is 5.16 Å². The van der Waals surface area contributed by atoms with Gasteiger partial charge in [0.15, 0.2) is 11.5 Å². The highest BCUT2D eigenvalue weighted by Crippen LogP contribution is 2.50. The third-order valence-electron chi connectivity index (χ3n) is 5.53. The van der Waals surface area contributed by atoms with Crippen LogP contribution in [0, 0.1) is 13.8 Å². The molecule has 3 aromatic rings. The fraction of sp³-hybridized carbons (Fsp3) is 0.364. The van der Waals surface area contributed by atoms with Crippen molar-refractivity contribution in [3.8, 4) is 23.0 Å². The number of nitrogens with two attached hydrogens (primary N) is 1. The predicted molar refractivity (Wildman–Crippen MR) is 119 cm³/mol. The van der Waals surface area contributed by atoms with Gasteiger partial charge in [0.2, 0.25) is 18.3 Å². The lowest BCUT2D eigenvalue weighted by molar-refractivity contribution is 0.0853. The second kappa shape index (κ2) is 7.49. The van der Waals surface area contributed by atoms with Gasteiger partial charge in [0.05, 0.1) is 24.8 Å². The van der Waals surface area contributed by atoms with E-state index in [1.807, 2.05) is 19.1 Å². The monoisotopic (exact) mass is 441 g/mol. The summed E-state index contributed by atoms with van der Waals surface area (Å²) in [5.41, 5.74) is 11.0. The third-order valence-corrected chi connectivity index (χ3v) is 6.68. The number of methoxy groups -OCH3 is 2. The molecule has 2 N–H and O–H groups in total. The Morgan fingerprint density at radius 1 is 1.16 bits per heavy atom. The topological polar surface area (TPSA) is 97.4 Å². The van der Waals surface area contributed by atoms with E-state index in [0.29, 0.717) is 35.8 Å². The molecule has 0 fully saturated rings. The Morgan fingerprint density at radius 2 is 1.97 bits per heavy atom. The van der Waals surface area contributed by atoms with Gasteiger partial charge in [-0.15, -0.1) is 11.3 Å². The molecule has 1 aromatic carbocycles. The number of ether oxygens (including phenoxy) is 4. The van der Waals surface area contributed by atoms with Crippen LogP contribution in [-0.2, 0) is 11.3 Å². The van der Waals surface area contributed by atoms with Gasteiger partial charge >= 0.3 is 0 Å². The Bertz CT molecular complexity index is 1220. The Balaban J connectivity index is 1.42. The summed E-state index contributed by atoms with van der Waals surface area (Å²) in [5.74, 6) is 2.35. The Hall–Kier alpha value is -3.20. The molecule has 5 rings (SSSR count). The van der Waals surface area contributed by atoms with Gasteiger partial charge in [-0.3, -0.25) is 0 Å². The second-order valence-electron chi connectivity index (χ2n) is 7.62. The SMILES string of the molecule is COc1cc(C[C@H]2CC(c3sc4nc(C)cc(C)c4c3N)=NO2)c(OC)c2c1OCO2. The molecule has 9 heteroatoms. The van der Waals surface area contributed by atoms with Crippen LogP contribution in [0.4, 0.5) is 5.69 Å². The zero-order valence-corrected chi connectivity index (χ0v) is 18.6. The van der Waals surface area contributed by atoms with Crippen LogP contribution in [0.1, 0.15) is 28.1 Å². The van der Waals surface area contributed by atoms with Crippen molar-refractivity contribution in [2.45, 2.75) is 32.8 Å². The van der Waals surface area contributed by atoms with Gasteiger partial charge in [0.1, 0.15) is 16.6 Å². The molecule has 0 aliphatic carbocycles. The molecule has 0 bridgehead atoms. The van der Waals surface area contributed by atoms with Crippen molar-refractivity contribution in [3.63, 3.8) is 0 Å². The summed E-state index contributed by atoms with van der Waals surface area (Å²) >= 11 is 1.56. The van der Waals surface area contributed by atoms with Crippen LogP contribution in [0.25, 0.3) is 10.2 Å². The largest absolute Gasteiger partial charge is 0.493 e. The zero-order chi connectivity index (χ0) is 21.7. The number of benzene rings is 1. The van der Waals surface area contributed by atoms with E-state index in [1.54, 1.807) is 25.6 Å². The van der Waals surface area contributed by atoms with Crippen LogP contribution in [0.2, 0.25) is 0 Å². The maximum absolute atomic E-state index is 6.48. The summed E-state index contributed by atoms with van der Waals surface area (Å²) in [4.78, 5) is 12.3.